The van der Waals surface area contributed by atoms with Gasteiger partial charge in [0.15, 0.2) is 0 Å². The minimum atomic E-state index is -0.0165. The second kappa shape index (κ2) is 7.45. The number of hydrogen-bond acceptors (Lipinski definition) is 5. The highest BCUT2D eigenvalue weighted by Gasteiger charge is 2.24. The molecule has 4 rings (SSSR count). The number of amides is 1. The molecule has 1 atom stereocenters. The predicted molar refractivity (Wildman–Crippen MR) is 95.5 cm³/mol. The largest absolute Gasteiger partial charge is 0.377 e. The maximum absolute atomic E-state index is 12.8. The standard InChI is InChI=1S/C19H24N4O2/c24-19(18-13-20-16-6-1-2-7-17(16)21-18)23-9-4-8-22(10-11-23)14-15-5-3-12-25-15/h1-2,6-7,13,15H,3-5,8-12,14H2/t15-/m0/s1. The Balaban J connectivity index is 1.41. The number of carbonyl (C=O) groups is 1. The monoisotopic (exact) mass is 340 g/mol. The van der Waals surface area contributed by atoms with Gasteiger partial charge in [0.25, 0.3) is 5.91 Å². The van der Waals surface area contributed by atoms with Gasteiger partial charge in [-0.3, -0.25) is 14.7 Å². The van der Waals surface area contributed by atoms with Crippen LogP contribution in [-0.4, -0.2) is 71.1 Å². The van der Waals surface area contributed by atoms with Crippen LogP contribution in [0.4, 0.5) is 0 Å². The number of para-hydroxylation sites is 2. The smallest absolute Gasteiger partial charge is 0.274 e. The molecule has 2 aliphatic rings. The summed E-state index contributed by atoms with van der Waals surface area (Å²) in [5.74, 6) is -0.0165. The van der Waals surface area contributed by atoms with Crippen molar-refractivity contribution in [2.45, 2.75) is 25.4 Å². The highest BCUT2D eigenvalue weighted by molar-refractivity contribution is 5.93. The quantitative estimate of drug-likeness (QED) is 0.855. The molecule has 6 heteroatoms. The van der Waals surface area contributed by atoms with Crippen LogP contribution in [0.1, 0.15) is 29.8 Å². The average molecular weight is 340 g/mol. The first kappa shape index (κ1) is 16.4. The van der Waals surface area contributed by atoms with Gasteiger partial charge >= 0.3 is 0 Å². The topological polar surface area (TPSA) is 58.6 Å². The first-order valence-corrected chi connectivity index (χ1v) is 9.14. The maximum Gasteiger partial charge on any atom is 0.274 e. The summed E-state index contributed by atoms with van der Waals surface area (Å²) in [4.78, 5) is 26.0. The molecule has 3 heterocycles. The Hall–Kier alpha value is -2.05. The lowest BCUT2D eigenvalue weighted by Gasteiger charge is -2.24. The second-order valence-electron chi connectivity index (χ2n) is 6.83. The fourth-order valence-corrected chi connectivity index (χ4v) is 3.66. The van der Waals surface area contributed by atoms with Crippen molar-refractivity contribution in [3.8, 4) is 0 Å². The molecule has 0 radical (unpaired) electrons. The molecule has 2 saturated heterocycles. The van der Waals surface area contributed by atoms with E-state index in [1.807, 2.05) is 29.2 Å². The van der Waals surface area contributed by atoms with Crippen molar-refractivity contribution in [3.05, 3.63) is 36.2 Å². The Bertz CT molecular complexity index is 745. The van der Waals surface area contributed by atoms with E-state index in [2.05, 4.69) is 14.9 Å². The van der Waals surface area contributed by atoms with E-state index in [9.17, 15) is 4.79 Å². The second-order valence-corrected chi connectivity index (χ2v) is 6.83. The number of nitrogens with zero attached hydrogens (tertiary/aromatic N) is 4. The van der Waals surface area contributed by atoms with E-state index < -0.39 is 0 Å². The summed E-state index contributed by atoms with van der Waals surface area (Å²) in [5, 5.41) is 0. The van der Waals surface area contributed by atoms with Crippen molar-refractivity contribution in [2.75, 3.05) is 39.3 Å². The Morgan fingerprint density at radius 1 is 1.12 bits per heavy atom. The van der Waals surface area contributed by atoms with Crippen LogP contribution >= 0.6 is 0 Å². The zero-order valence-corrected chi connectivity index (χ0v) is 14.4. The van der Waals surface area contributed by atoms with Gasteiger partial charge < -0.3 is 9.64 Å². The van der Waals surface area contributed by atoms with Crippen LogP contribution in [-0.2, 0) is 4.74 Å². The van der Waals surface area contributed by atoms with Gasteiger partial charge in [0, 0.05) is 32.8 Å². The lowest BCUT2D eigenvalue weighted by Crippen LogP contribution is -2.37. The molecule has 0 bridgehead atoms. The normalized spacial score (nSPS) is 22.2. The van der Waals surface area contributed by atoms with E-state index in [-0.39, 0.29) is 5.91 Å². The summed E-state index contributed by atoms with van der Waals surface area (Å²) in [6, 6.07) is 7.65. The van der Waals surface area contributed by atoms with Gasteiger partial charge in [-0.05, 0) is 37.9 Å². The number of carbonyl (C=O) groups excluding carboxylic acids is 1. The Labute approximate surface area is 147 Å². The number of hydrogen-bond donors (Lipinski definition) is 0. The lowest BCUT2D eigenvalue weighted by molar-refractivity contribution is 0.0701. The molecule has 25 heavy (non-hydrogen) atoms. The summed E-state index contributed by atoms with van der Waals surface area (Å²) in [6.45, 7) is 5.30. The van der Waals surface area contributed by atoms with Crippen LogP contribution in [0.3, 0.4) is 0 Å². The average Bonchev–Trinajstić information content (AvgIpc) is 3.05. The summed E-state index contributed by atoms with van der Waals surface area (Å²) in [7, 11) is 0. The Morgan fingerprint density at radius 2 is 2.00 bits per heavy atom. The predicted octanol–water partition coefficient (Wildman–Crippen LogP) is 1.96. The van der Waals surface area contributed by atoms with Crippen molar-refractivity contribution in [2.24, 2.45) is 0 Å². The molecule has 0 unspecified atom stereocenters. The fourth-order valence-electron chi connectivity index (χ4n) is 3.66. The van der Waals surface area contributed by atoms with Gasteiger partial charge in [0.2, 0.25) is 0 Å². The first-order valence-electron chi connectivity index (χ1n) is 9.14. The number of aromatic nitrogens is 2. The molecule has 0 N–H and O–H groups in total. The van der Waals surface area contributed by atoms with Crippen molar-refractivity contribution >= 4 is 16.9 Å². The molecule has 6 nitrogen and oxygen atoms in total. The van der Waals surface area contributed by atoms with Crippen LogP contribution in [0.25, 0.3) is 11.0 Å². The Kier molecular flexibility index (Phi) is 4.90. The molecule has 0 spiro atoms. The summed E-state index contributed by atoms with van der Waals surface area (Å²) in [5.41, 5.74) is 2.02. The molecule has 1 aromatic heterocycles. The minimum absolute atomic E-state index is 0.0165. The van der Waals surface area contributed by atoms with Crippen LogP contribution in [0.2, 0.25) is 0 Å². The van der Waals surface area contributed by atoms with Gasteiger partial charge in [-0.15, -0.1) is 0 Å². The van der Waals surface area contributed by atoms with Crippen molar-refractivity contribution in [1.29, 1.82) is 0 Å². The van der Waals surface area contributed by atoms with Gasteiger partial charge in [-0.1, -0.05) is 12.1 Å². The highest BCUT2D eigenvalue weighted by atomic mass is 16.5. The van der Waals surface area contributed by atoms with E-state index in [0.29, 0.717) is 11.8 Å². The van der Waals surface area contributed by atoms with E-state index in [1.54, 1.807) is 6.20 Å². The van der Waals surface area contributed by atoms with Crippen LogP contribution < -0.4 is 0 Å². The van der Waals surface area contributed by atoms with Crippen molar-refractivity contribution in [1.82, 2.24) is 19.8 Å². The van der Waals surface area contributed by atoms with Crippen LogP contribution in [0.15, 0.2) is 30.5 Å². The number of rotatable bonds is 3. The molecule has 2 aliphatic heterocycles. The maximum atomic E-state index is 12.8. The van der Waals surface area contributed by atoms with Crippen LogP contribution in [0, 0.1) is 0 Å². The Morgan fingerprint density at radius 3 is 2.84 bits per heavy atom. The van der Waals surface area contributed by atoms with Crippen LogP contribution in [0.5, 0.6) is 0 Å². The number of fused-ring (bicyclic) bond motifs is 1. The third-order valence-electron chi connectivity index (χ3n) is 5.03. The molecular formula is C19H24N4O2. The van der Waals surface area contributed by atoms with E-state index >= 15 is 0 Å². The zero-order valence-electron chi connectivity index (χ0n) is 14.4. The molecule has 0 saturated carbocycles. The fraction of sp³-hybridized carbons (Fsp3) is 0.526. The SMILES string of the molecule is O=C(c1cnc2ccccc2n1)N1CCCN(C[C@@H]2CCCO2)CC1. The molecule has 2 aromatic rings. The van der Waals surface area contributed by atoms with E-state index in [1.165, 1.54) is 6.42 Å². The third kappa shape index (κ3) is 3.80. The summed E-state index contributed by atoms with van der Waals surface area (Å²) < 4.78 is 5.74. The first-order chi connectivity index (χ1) is 12.3. The summed E-state index contributed by atoms with van der Waals surface area (Å²) >= 11 is 0. The van der Waals surface area contributed by atoms with E-state index in [0.717, 1.165) is 63.2 Å². The lowest BCUT2D eigenvalue weighted by atomic mass is 10.2. The minimum Gasteiger partial charge on any atom is -0.377 e. The molecule has 2 fully saturated rings. The zero-order chi connectivity index (χ0) is 17.1. The van der Waals surface area contributed by atoms with E-state index in [4.69, 9.17) is 4.74 Å². The number of ether oxygens (including phenoxy) is 1. The molecule has 1 amide bonds. The molecular weight excluding hydrogens is 316 g/mol. The van der Waals surface area contributed by atoms with Gasteiger partial charge in [-0.25, -0.2) is 4.98 Å². The van der Waals surface area contributed by atoms with Gasteiger partial charge in [0.1, 0.15) is 5.69 Å². The van der Waals surface area contributed by atoms with Gasteiger partial charge in [-0.2, -0.15) is 0 Å². The molecule has 0 aliphatic carbocycles. The molecule has 1 aromatic carbocycles. The molecule has 132 valence electrons. The highest BCUT2D eigenvalue weighted by Crippen LogP contribution is 2.16. The van der Waals surface area contributed by atoms with Gasteiger partial charge in [0.05, 0.1) is 23.3 Å². The number of benzene rings is 1. The summed E-state index contributed by atoms with van der Waals surface area (Å²) in [6.07, 6.45) is 5.28. The van der Waals surface area contributed by atoms with Crippen molar-refractivity contribution < 1.29 is 9.53 Å². The third-order valence-corrected chi connectivity index (χ3v) is 5.03. The van der Waals surface area contributed by atoms with Crippen molar-refractivity contribution in [3.63, 3.8) is 0 Å².